The van der Waals surface area contributed by atoms with Crippen LogP contribution in [0.15, 0.2) is 5.16 Å². The summed E-state index contributed by atoms with van der Waals surface area (Å²) in [6.07, 6.45) is 2.58. The molecule has 1 aliphatic rings. The van der Waals surface area contributed by atoms with Crippen molar-refractivity contribution in [1.29, 1.82) is 0 Å². The fourth-order valence-electron chi connectivity index (χ4n) is 2.70. The molecule has 0 bridgehead atoms. The molecule has 0 radical (unpaired) electrons. The van der Waals surface area contributed by atoms with Crippen LogP contribution in [-0.2, 0) is 18.2 Å². The molecule has 0 atom stereocenters. The van der Waals surface area contributed by atoms with E-state index in [4.69, 9.17) is 9.94 Å². The van der Waals surface area contributed by atoms with Crippen LogP contribution >= 0.6 is 0 Å². The standard InChI is InChI=1S/C13H18N2O3/c1-4-18-13(16)12-8(2)11-9(14-17)6-5-7-10(11)15(12)3/h17H,4-7H2,1-3H3/b14-9-. The van der Waals surface area contributed by atoms with E-state index in [9.17, 15) is 4.79 Å². The second-order valence-corrected chi connectivity index (χ2v) is 4.48. The van der Waals surface area contributed by atoms with Gasteiger partial charge < -0.3 is 14.5 Å². The van der Waals surface area contributed by atoms with E-state index in [1.54, 1.807) is 6.92 Å². The number of aromatic nitrogens is 1. The Balaban J connectivity index is 2.58. The molecule has 2 rings (SSSR count). The highest BCUT2D eigenvalue weighted by molar-refractivity contribution is 6.06. The maximum atomic E-state index is 12.0. The lowest BCUT2D eigenvalue weighted by Crippen LogP contribution is -2.14. The molecular weight excluding hydrogens is 232 g/mol. The fourth-order valence-corrected chi connectivity index (χ4v) is 2.70. The maximum Gasteiger partial charge on any atom is 0.355 e. The van der Waals surface area contributed by atoms with Crippen molar-refractivity contribution < 1.29 is 14.7 Å². The van der Waals surface area contributed by atoms with Gasteiger partial charge in [-0.2, -0.15) is 0 Å². The van der Waals surface area contributed by atoms with Crippen LogP contribution in [0.4, 0.5) is 0 Å². The Hall–Kier alpha value is -1.78. The first-order valence-electron chi connectivity index (χ1n) is 6.18. The maximum absolute atomic E-state index is 12.0. The highest BCUT2D eigenvalue weighted by atomic mass is 16.5. The van der Waals surface area contributed by atoms with Crippen molar-refractivity contribution in [2.75, 3.05) is 6.61 Å². The smallest absolute Gasteiger partial charge is 0.355 e. The molecule has 5 nitrogen and oxygen atoms in total. The number of oxime groups is 1. The molecule has 5 heteroatoms. The zero-order valence-electron chi connectivity index (χ0n) is 11.0. The second kappa shape index (κ2) is 4.84. The van der Waals surface area contributed by atoms with E-state index >= 15 is 0 Å². The molecule has 18 heavy (non-hydrogen) atoms. The van der Waals surface area contributed by atoms with Crippen molar-refractivity contribution in [2.24, 2.45) is 12.2 Å². The van der Waals surface area contributed by atoms with E-state index in [1.165, 1.54) is 0 Å². The average Bonchev–Trinajstić information content (AvgIpc) is 2.62. The summed E-state index contributed by atoms with van der Waals surface area (Å²) in [5, 5.41) is 12.4. The SMILES string of the molecule is CCOC(=O)c1c(C)c2c(n1C)CCC/C2=N/O. The molecule has 0 fully saturated rings. The predicted octanol–water partition coefficient (Wildman–Crippen LogP) is 2.02. The molecule has 1 N–H and O–H groups in total. The minimum Gasteiger partial charge on any atom is -0.461 e. The van der Waals surface area contributed by atoms with Gasteiger partial charge in [0.15, 0.2) is 0 Å². The molecule has 0 saturated heterocycles. The van der Waals surface area contributed by atoms with E-state index in [1.807, 2.05) is 18.5 Å². The normalized spacial score (nSPS) is 16.7. The van der Waals surface area contributed by atoms with E-state index < -0.39 is 0 Å². The van der Waals surface area contributed by atoms with E-state index in [-0.39, 0.29) is 5.97 Å². The summed E-state index contributed by atoms with van der Waals surface area (Å²) >= 11 is 0. The van der Waals surface area contributed by atoms with Crippen molar-refractivity contribution in [3.63, 3.8) is 0 Å². The van der Waals surface area contributed by atoms with E-state index in [0.29, 0.717) is 18.0 Å². The minimum absolute atomic E-state index is 0.316. The van der Waals surface area contributed by atoms with E-state index in [2.05, 4.69) is 5.16 Å². The highest BCUT2D eigenvalue weighted by Gasteiger charge is 2.28. The predicted molar refractivity (Wildman–Crippen MR) is 67.4 cm³/mol. The molecule has 98 valence electrons. The van der Waals surface area contributed by atoms with Crippen LogP contribution in [0.5, 0.6) is 0 Å². The summed E-state index contributed by atoms with van der Waals surface area (Å²) in [4.78, 5) is 12.0. The van der Waals surface area contributed by atoms with Crippen LogP contribution in [0.3, 0.4) is 0 Å². The molecule has 0 amide bonds. The van der Waals surface area contributed by atoms with Gasteiger partial charge in [-0.15, -0.1) is 0 Å². The van der Waals surface area contributed by atoms with Crippen LogP contribution < -0.4 is 0 Å². The van der Waals surface area contributed by atoms with Crippen LogP contribution in [0.25, 0.3) is 0 Å². The lowest BCUT2D eigenvalue weighted by Gasteiger charge is -2.14. The van der Waals surface area contributed by atoms with Gasteiger partial charge in [0.05, 0.1) is 12.3 Å². The zero-order chi connectivity index (χ0) is 13.3. The van der Waals surface area contributed by atoms with Crippen LogP contribution in [-0.4, -0.2) is 28.1 Å². The summed E-state index contributed by atoms with van der Waals surface area (Å²) in [7, 11) is 1.86. The quantitative estimate of drug-likeness (QED) is 0.496. The van der Waals surface area contributed by atoms with Gasteiger partial charge in [0.1, 0.15) is 5.69 Å². The number of rotatable bonds is 2. The number of ether oxygens (including phenoxy) is 1. The number of fused-ring (bicyclic) bond motifs is 1. The molecule has 0 aromatic carbocycles. The summed E-state index contributed by atoms with van der Waals surface area (Å²) in [6.45, 7) is 4.02. The number of carbonyl (C=O) groups is 1. The molecule has 1 aromatic rings. The van der Waals surface area contributed by atoms with Gasteiger partial charge in [-0.05, 0) is 38.7 Å². The summed E-state index contributed by atoms with van der Waals surface area (Å²) in [6, 6.07) is 0. The number of carbonyl (C=O) groups excluding carboxylic acids is 1. The van der Waals surface area contributed by atoms with Crippen molar-refractivity contribution >= 4 is 11.7 Å². The minimum atomic E-state index is -0.316. The fraction of sp³-hybridized carbons (Fsp3) is 0.538. The number of esters is 1. The summed E-state index contributed by atoms with van der Waals surface area (Å²) < 4.78 is 6.94. The van der Waals surface area contributed by atoms with Crippen LogP contribution in [0.1, 0.15) is 47.1 Å². The molecule has 1 aliphatic carbocycles. The topological polar surface area (TPSA) is 63.8 Å². The molecule has 0 saturated carbocycles. The third-order valence-electron chi connectivity index (χ3n) is 3.46. The molecule has 1 aromatic heterocycles. The lowest BCUT2D eigenvalue weighted by atomic mass is 9.93. The molecular formula is C13H18N2O3. The monoisotopic (exact) mass is 250 g/mol. The third kappa shape index (κ3) is 1.79. The summed E-state index contributed by atoms with van der Waals surface area (Å²) in [5.41, 5.74) is 4.03. The second-order valence-electron chi connectivity index (χ2n) is 4.48. The summed E-state index contributed by atoms with van der Waals surface area (Å²) in [5.74, 6) is -0.316. The van der Waals surface area contributed by atoms with Crippen LogP contribution in [0.2, 0.25) is 0 Å². The first kappa shape index (κ1) is 12.7. The van der Waals surface area contributed by atoms with Gasteiger partial charge in [0.25, 0.3) is 0 Å². The zero-order valence-corrected chi connectivity index (χ0v) is 11.0. The van der Waals surface area contributed by atoms with Crippen molar-refractivity contribution in [2.45, 2.75) is 33.1 Å². The van der Waals surface area contributed by atoms with Gasteiger partial charge in [-0.1, -0.05) is 5.16 Å². The largest absolute Gasteiger partial charge is 0.461 e. The Labute approximate surface area is 106 Å². The van der Waals surface area contributed by atoms with Gasteiger partial charge in [-0.25, -0.2) is 4.79 Å². The Morgan fingerprint density at radius 2 is 2.22 bits per heavy atom. The first-order valence-corrected chi connectivity index (χ1v) is 6.18. The Bertz CT molecular complexity index is 515. The van der Waals surface area contributed by atoms with Gasteiger partial charge >= 0.3 is 5.97 Å². The number of nitrogens with zero attached hydrogens (tertiary/aromatic N) is 2. The van der Waals surface area contributed by atoms with Crippen molar-refractivity contribution in [3.05, 3.63) is 22.5 Å². The van der Waals surface area contributed by atoms with Gasteiger partial charge in [-0.3, -0.25) is 0 Å². The Morgan fingerprint density at radius 3 is 2.83 bits per heavy atom. The lowest BCUT2D eigenvalue weighted by molar-refractivity contribution is 0.0514. The Morgan fingerprint density at radius 1 is 1.50 bits per heavy atom. The first-order chi connectivity index (χ1) is 8.61. The van der Waals surface area contributed by atoms with Gasteiger partial charge in [0, 0.05) is 18.3 Å². The van der Waals surface area contributed by atoms with Crippen molar-refractivity contribution in [3.8, 4) is 0 Å². The molecule has 0 aliphatic heterocycles. The van der Waals surface area contributed by atoms with Crippen molar-refractivity contribution in [1.82, 2.24) is 4.57 Å². The van der Waals surface area contributed by atoms with Gasteiger partial charge in [0.2, 0.25) is 0 Å². The molecule has 0 unspecified atom stereocenters. The number of hydrogen-bond acceptors (Lipinski definition) is 4. The van der Waals surface area contributed by atoms with Crippen LogP contribution in [0, 0.1) is 6.92 Å². The number of hydrogen-bond donors (Lipinski definition) is 1. The van der Waals surface area contributed by atoms with E-state index in [0.717, 1.165) is 36.1 Å². The molecule has 0 spiro atoms. The molecule has 1 heterocycles. The Kier molecular flexibility index (Phi) is 3.41. The highest BCUT2D eigenvalue weighted by Crippen LogP contribution is 2.29. The average molecular weight is 250 g/mol. The third-order valence-corrected chi connectivity index (χ3v) is 3.46.